The number of hydrogen-bond donors (Lipinski definition) is 0. The van der Waals surface area contributed by atoms with Gasteiger partial charge in [-0.05, 0) is 66.9 Å². The van der Waals surface area contributed by atoms with Gasteiger partial charge in [-0.3, -0.25) is 19.3 Å². The first-order chi connectivity index (χ1) is 16.5. The van der Waals surface area contributed by atoms with E-state index in [1.807, 2.05) is 13.8 Å². The van der Waals surface area contributed by atoms with Crippen LogP contribution >= 0.6 is 0 Å². The molecule has 2 heterocycles. The van der Waals surface area contributed by atoms with Gasteiger partial charge < -0.3 is 9.47 Å². The van der Waals surface area contributed by atoms with Crippen molar-refractivity contribution in [1.82, 2.24) is 4.98 Å². The Balaban J connectivity index is 1.77. The molecular weight excluding hydrogens is 432 g/mol. The van der Waals surface area contributed by atoms with Crippen molar-refractivity contribution in [3.05, 3.63) is 83.6 Å². The summed E-state index contributed by atoms with van der Waals surface area (Å²) in [6.45, 7) is 4.44. The van der Waals surface area contributed by atoms with Gasteiger partial charge in [0.15, 0.2) is 5.78 Å². The second-order valence-corrected chi connectivity index (χ2v) is 8.12. The summed E-state index contributed by atoms with van der Waals surface area (Å²) in [5, 5.41) is 0. The smallest absolute Gasteiger partial charge is 0.297 e. The summed E-state index contributed by atoms with van der Waals surface area (Å²) in [6, 6.07) is 16.4. The highest BCUT2D eigenvalue weighted by Crippen LogP contribution is 2.41. The number of methoxy groups -OCH3 is 1. The highest BCUT2D eigenvalue weighted by Gasteiger charge is 2.52. The van der Waals surface area contributed by atoms with Crippen LogP contribution in [0.15, 0.2) is 66.9 Å². The quantitative estimate of drug-likeness (QED) is 0.284. The predicted molar refractivity (Wildman–Crippen MR) is 127 cm³/mol. The topological polar surface area (TPSA) is 85.8 Å². The highest BCUT2D eigenvalue weighted by atomic mass is 16.5. The Morgan fingerprint density at radius 2 is 1.82 bits per heavy atom. The molecule has 3 aromatic rings. The molecule has 0 aliphatic carbocycles. The average molecular weight is 459 g/mol. The van der Waals surface area contributed by atoms with Gasteiger partial charge in [-0.25, -0.2) is 4.98 Å². The summed E-state index contributed by atoms with van der Waals surface area (Å²) >= 11 is 0. The van der Waals surface area contributed by atoms with E-state index in [0.29, 0.717) is 35.1 Å². The monoisotopic (exact) mass is 458 g/mol. The zero-order valence-electron chi connectivity index (χ0n) is 19.4. The molecule has 1 fully saturated rings. The Labute approximate surface area is 198 Å². The van der Waals surface area contributed by atoms with Crippen molar-refractivity contribution < 1.29 is 23.9 Å². The van der Waals surface area contributed by atoms with Crippen molar-refractivity contribution in [2.24, 2.45) is 5.92 Å². The molecule has 2 aromatic carbocycles. The number of amides is 1. The Morgan fingerprint density at radius 3 is 2.44 bits per heavy atom. The van der Waals surface area contributed by atoms with Gasteiger partial charge in [0.1, 0.15) is 23.2 Å². The van der Waals surface area contributed by atoms with Gasteiger partial charge in [0.2, 0.25) is 5.78 Å². The zero-order valence-corrected chi connectivity index (χ0v) is 19.4. The third kappa shape index (κ3) is 4.29. The molecule has 0 radical (unpaired) electrons. The van der Waals surface area contributed by atoms with Gasteiger partial charge in [-0.15, -0.1) is 0 Å². The molecule has 2 atom stereocenters. The van der Waals surface area contributed by atoms with E-state index in [1.165, 1.54) is 4.90 Å². The molecule has 7 nitrogen and oxygen atoms in total. The number of pyridine rings is 1. The van der Waals surface area contributed by atoms with Gasteiger partial charge in [-0.1, -0.05) is 25.1 Å². The third-order valence-corrected chi connectivity index (χ3v) is 5.86. The number of rotatable bonds is 8. The lowest BCUT2D eigenvalue weighted by atomic mass is 9.86. The van der Waals surface area contributed by atoms with Crippen LogP contribution in [0.25, 0.3) is 0 Å². The summed E-state index contributed by atoms with van der Waals surface area (Å²) in [6.07, 6.45) is 2.41. The minimum atomic E-state index is -1.20. The average Bonchev–Trinajstić information content (AvgIpc) is 3.13. The normalized spacial score (nSPS) is 17.7. The maximum atomic E-state index is 13.7. The van der Waals surface area contributed by atoms with Crippen LogP contribution in [-0.4, -0.2) is 36.2 Å². The number of carbonyl (C=O) groups is 3. The molecule has 34 heavy (non-hydrogen) atoms. The first-order valence-electron chi connectivity index (χ1n) is 11.2. The Morgan fingerprint density at radius 1 is 1.06 bits per heavy atom. The van der Waals surface area contributed by atoms with Crippen molar-refractivity contribution in [1.29, 1.82) is 0 Å². The molecule has 1 amide bonds. The molecule has 1 aromatic heterocycles. The van der Waals surface area contributed by atoms with Crippen LogP contribution in [0.5, 0.6) is 11.5 Å². The maximum Gasteiger partial charge on any atom is 0.297 e. The number of hydrogen-bond acceptors (Lipinski definition) is 6. The van der Waals surface area contributed by atoms with E-state index in [4.69, 9.17) is 9.47 Å². The number of carbonyl (C=O) groups excluding carboxylic acids is 3. The molecular formula is C27H26N2O5. The van der Waals surface area contributed by atoms with Crippen LogP contribution in [0.2, 0.25) is 0 Å². The first kappa shape index (κ1) is 23.2. The molecule has 0 N–H and O–H groups in total. The minimum absolute atomic E-state index is 0.316. The Bertz CT molecular complexity index is 1210. The second-order valence-electron chi connectivity index (χ2n) is 8.12. The molecule has 174 valence electrons. The number of nitrogens with zero attached hydrogens (tertiary/aromatic N) is 2. The van der Waals surface area contributed by atoms with E-state index in [1.54, 1.807) is 74.0 Å². The highest BCUT2D eigenvalue weighted by molar-refractivity contribution is 6.48. The molecule has 1 aliphatic rings. The third-order valence-electron chi connectivity index (χ3n) is 5.86. The van der Waals surface area contributed by atoms with Gasteiger partial charge >= 0.3 is 0 Å². The fourth-order valence-electron chi connectivity index (χ4n) is 4.17. The standard InChI is InChI=1S/C27H26N2O5/c1-4-15-34-21-13-10-19(16-17(21)2)25(30)23-24(18-8-11-20(33-3)12-9-18)29(27(32)26(23)31)22-7-5-6-14-28-22/h5-14,16,23-24H,4,15H2,1-3H3. The van der Waals surface area contributed by atoms with Gasteiger partial charge in [-0.2, -0.15) is 0 Å². The minimum Gasteiger partial charge on any atom is -0.497 e. The number of ketones is 2. The molecule has 1 saturated heterocycles. The lowest BCUT2D eigenvalue weighted by molar-refractivity contribution is -0.135. The zero-order chi connectivity index (χ0) is 24.2. The number of ether oxygens (including phenoxy) is 2. The van der Waals surface area contributed by atoms with Crippen LogP contribution < -0.4 is 14.4 Å². The largest absolute Gasteiger partial charge is 0.497 e. The van der Waals surface area contributed by atoms with Gasteiger partial charge in [0.25, 0.3) is 5.91 Å². The van der Waals surface area contributed by atoms with Crippen LogP contribution in [0.4, 0.5) is 5.82 Å². The van der Waals surface area contributed by atoms with E-state index < -0.39 is 29.4 Å². The van der Waals surface area contributed by atoms with Crippen LogP contribution in [0.1, 0.15) is 40.9 Å². The van der Waals surface area contributed by atoms with E-state index in [9.17, 15) is 14.4 Å². The summed E-state index contributed by atoms with van der Waals surface area (Å²) < 4.78 is 11.0. The Hall–Kier alpha value is -4.00. The van der Waals surface area contributed by atoms with Crippen LogP contribution in [0.3, 0.4) is 0 Å². The summed E-state index contributed by atoms with van der Waals surface area (Å²) in [5.74, 6) is -1.49. The molecule has 7 heteroatoms. The SMILES string of the molecule is CCCOc1ccc(C(=O)C2C(=O)C(=O)N(c3ccccn3)C2c2ccc(OC)cc2)cc1C. The van der Waals surface area contributed by atoms with Crippen molar-refractivity contribution in [2.45, 2.75) is 26.3 Å². The van der Waals surface area contributed by atoms with E-state index in [2.05, 4.69) is 4.98 Å². The fraction of sp³-hybridized carbons (Fsp3) is 0.259. The summed E-state index contributed by atoms with van der Waals surface area (Å²) in [4.78, 5) is 45.6. The maximum absolute atomic E-state index is 13.7. The lowest BCUT2D eigenvalue weighted by Crippen LogP contribution is -2.31. The van der Waals surface area contributed by atoms with Crippen molar-refractivity contribution >= 4 is 23.3 Å². The number of benzene rings is 2. The molecule has 2 unspecified atom stereocenters. The molecule has 0 saturated carbocycles. The van der Waals surface area contributed by atoms with Gasteiger partial charge in [0.05, 0.1) is 19.8 Å². The first-order valence-corrected chi connectivity index (χ1v) is 11.2. The number of anilines is 1. The van der Waals surface area contributed by atoms with E-state index >= 15 is 0 Å². The fourth-order valence-corrected chi connectivity index (χ4v) is 4.17. The predicted octanol–water partition coefficient (Wildman–Crippen LogP) is 4.34. The summed E-state index contributed by atoms with van der Waals surface area (Å²) in [7, 11) is 1.56. The van der Waals surface area contributed by atoms with Gasteiger partial charge in [0, 0.05) is 11.8 Å². The number of aromatic nitrogens is 1. The lowest BCUT2D eigenvalue weighted by Gasteiger charge is -2.26. The van der Waals surface area contributed by atoms with Crippen LogP contribution in [-0.2, 0) is 9.59 Å². The molecule has 1 aliphatic heterocycles. The Kier molecular flexibility index (Phi) is 6.72. The van der Waals surface area contributed by atoms with E-state index in [0.717, 1.165) is 12.0 Å². The van der Waals surface area contributed by atoms with Crippen molar-refractivity contribution in [3.63, 3.8) is 0 Å². The number of aryl methyl sites for hydroxylation is 1. The van der Waals surface area contributed by atoms with E-state index in [-0.39, 0.29) is 0 Å². The van der Waals surface area contributed by atoms with Crippen LogP contribution in [0, 0.1) is 12.8 Å². The van der Waals surface area contributed by atoms with Crippen molar-refractivity contribution in [3.8, 4) is 11.5 Å². The molecule has 4 rings (SSSR count). The second kappa shape index (κ2) is 9.87. The molecule has 0 spiro atoms. The van der Waals surface area contributed by atoms with Crippen molar-refractivity contribution in [2.75, 3.05) is 18.6 Å². The molecule has 0 bridgehead atoms. The summed E-state index contributed by atoms with van der Waals surface area (Å²) in [5.41, 5.74) is 1.79. The number of Topliss-reactive ketones (excluding diaryl/α,β-unsaturated/α-hetero) is 2.